The molecule has 0 amide bonds. The molecular weight excluding hydrogens is 289 g/mol. The number of benzene rings is 1. The Hall–Kier alpha value is -0.880. The van der Waals surface area contributed by atoms with Crippen LogP contribution in [0.25, 0.3) is 0 Å². The Kier molecular flexibility index (Phi) is 6.00. The molecule has 0 aromatic heterocycles. The minimum Gasteiger partial charge on any atom is -0.328 e. The number of hydrogen-bond donors (Lipinski definition) is 1. The van der Waals surface area contributed by atoms with Crippen LogP contribution in [0, 0.1) is 10.1 Å². The van der Waals surface area contributed by atoms with Crippen LogP contribution in [-0.4, -0.2) is 29.0 Å². The first kappa shape index (κ1) is 16.2. The van der Waals surface area contributed by atoms with Gasteiger partial charge in [-0.1, -0.05) is 17.7 Å². The molecule has 5 nitrogen and oxygen atoms in total. The van der Waals surface area contributed by atoms with Crippen molar-refractivity contribution in [2.24, 2.45) is 5.73 Å². The van der Waals surface area contributed by atoms with Crippen molar-refractivity contribution >= 4 is 29.7 Å². The minimum absolute atomic E-state index is 0. The van der Waals surface area contributed by atoms with Crippen molar-refractivity contribution in [3.63, 3.8) is 0 Å². The molecule has 2 N–H and O–H groups in total. The number of nitrogens with two attached hydrogens (primary N) is 1. The molecule has 1 heterocycles. The number of piperidine rings is 1. The van der Waals surface area contributed by atoms with Gasteiger partial charge >= 0.3 is 0 Å². The van der Waals surface area contributed by atoms with E-state index in [1.54, 1.807) is 12.1 Å². The summed E-state index contributed by atoms with van der Waals surface area (Å²) in [7, 11) is 0. The molecule has 1 aliphatic rings. The van der Waals surface area contributed by atoms with E-state index in [0.29, 0.717) is 6.04 Å². The third-order valence-electron chi connectivity index (χ3n) is 3.25. The van der Waals surface area contributed by atoms with Crippen molar-refractivity contribution in [3.05, 3.63) is 38.9 Å². The summed E-state index contributed by atoms with van der Waals surface area (Å²) >= 11 is 5.89. The Balaban J connectivity index is 0.00000180. The Bertz CT molecular complexity index is 449. The van der Waals surface area contributed by atoms with Gasteiger partial charge in [0.25, 0.3) is 5.69 Å². The number of nitro groups is 1. The molecule has 0 bridgehead atoms. The molecule has 1 aromatic rings. The Labute approximate surface area is 123 Å². The smallest absolute Gasteiger partial charge is 0.287 e. The maximum absolute atomic E-state index is 10.7. The number of nitrogens with zero attached hydrogens (tertiary/aromatic N) is 2. The van der Waals surface area contributed by atoms with Crippen molar-refractivity contribution in [2.75, 3.05) is 13.1 Å². The summed E-state index contributed by atoms with van der Waals surface area (Å²) in [4.78, 5) is 12.5. The Morgan fingerprint density at radius 1 is 1.42 bits per heavy atom. The van der Waals surface area contributed by atoms with Gasteiger partial charge in [0.2, 0.25) is 0 Å². The van der Waals surface area contributed by atoms with Crippen LogP contribution in [0.1, 0.15) is 18.4 Å². The van der Waals surface area contributed by atoms with Crippen LogP contribution in [0.15, 0.2) is 18.2 Å². The van der Waals surface area contributed by atoms with Gasteiger partial charge in [-0.15, -0.1) is 12.4 Å². The van der Waals surface area contributed by atoms with Gasteiger partial charge < -0.3 is 5.73 Å². The second-order valence-electron chi connectivity index (χ2n) is 4.66. The highest BCUT2D eigenvalue weighted by Crippen LogP contribution is 2.25. The minimum atomic E-state index is -0.466. The van der Waals surface area contributed by atoms with Gasteiger partial charge in [-0.25, -0.2) is 0 Å². The van der Waals surface area contributed by atoms with Crippen LogP contribution in [-0.2, 0) is 6.54 Å². The highest BCUT2D eigenvalue weighted by Gasteiger charge is 2.17. The summed E-state index contributed by atoms with van der Waals surface area (Å²) in [5, 5.41) is 10.9. The van der Waals surface area contributed by atoms with Crippen molar-refractivity contribution in [3.8, 4) is 0 Å². The monoisotopic (exact) mass is 305 g/mol. The number of halogens is 2. The molecule has 1 aliphatic heterocycles. The second-order valence-corrected chi connectivity index (χ2v) is 5.06. The van der Waals surface area contributed by atoms with Crippen LogP contribution < -0.4 is 5.73 Å². The first-order chi connectivity index (χ1) is 8.56. The zero-order chi connectivity index (χ0) is 13.1. The molecule has 0 unspecified atom stereocenters. The van der Waals surface area contributed by atoms with E-state index in [0.717, 1.165) is 38.0 Å². The molecule has 7 heteroatoms. The van der Waals surface area contributed by atoms with E-state index in [2.05, 4.69) is 4.90 Å². The van der Waals surface area contributed by atoms with Gasteiger partial charge in [-0.3, -0.25) is 15.0 Å². The molecular formula is C12H17Cl2N3O2. The van der Waals surface area contributed by atoms with E-state index in [4.69, 9.17) is 17.3 Å². The lowest BCUT2D eigenvalue weighted by Gasteiger charge is -2.30. The fraction of sp³-hybridized carbons (Fsp3) is 0.500. The molecule has 0 aliphatic carbocycles. The lowest BCUT2D eigenvalue weighted by molar-refractivity contribution is -0.384. The van der Waals surface area contributed by atoms with Gasteiger partial charge in [0.1, 0.15) is 5.02 Å². The Morgan fingerprint density at radius 3 is 2.58 bits per heavy atom. The first-order valence-electron chi connectivity index (χ1n) is 5.97. The molecule has 106 valence electrons. The van der Waals surface area contributed by atoms with Crippen molar-refractivity contribution in [2.45, 2.75) is 25.4 Å². The lowest BCUT2D eigenvalue weighted by atomic mass is 10.1. The van der Waals surface area contributed by atoms with Crippen molar-refractivity contribution in [1.82, 2.24) is 4.90 Å². The second kappa shape index (κ2) is 7.05. The molecule has 0 saturated carbocycles. The van der Waals surface area contributed by atoms with Crippen molar-refractivity contribution in [1.29, 1.82) is 0 Å². The summed E-state index contributed by atoms with van der Waals surface area (Å²) in [5.74, 6) is 0. The molecule has 19 heavy (non-hydrogen) atoms. The summed E-state index contributed by atoms with van der Waals surface area (Å²) in [6, 6.07) is 5.21. The highest BCUT2D eigenvalue weighted by atomic mass is 35.5. The number of hydrogen-bond acceptors (Lipinski definition) is 4. The molecule has 1 fully saturated rings. The number of likely N-dealkylation sites (tertiary alicyclic amines) is 1. The summed E-state index contributed by atoms with van der Waals surface area (Å²) in [6.45, 7) is 2.70. The average Bonchev–Trinajstić information content (AvgIpc) is 2.32. The van der Waals surface area contributed by atoms with Crippen LogP contribution in [0.4, 0.5) is 5.69 Å². The third-order valence-corrected chi connectivity index (χ3v) is 3.55. The topological polar surface area (TPSA) is 72.4 Å². The van der Waals surface area contributed by atoms with Gasteiger partial charge in [-0.2, -0.15) is 0 Å². The lowest BCUT2D eigenvalue weighted by Crippen LogP contribution is -2.39. The SMILES string of the molecule is Cl.NC1CCN(Cc2ccc([N+](=O)[O-])c(Cl)c2)CC1. The van der Waals surface area contributed by atoms with E-state index in [1.807, 2.05) is 0 Å². The molecule has 0 radical (unpaired) electrons. The highest BCUT2D eigenvalue weighted by molar-refractivity contribution is 6.32. The molecule has 1 saturated heterocycles. The fourth-order valence-corrected chi connectivity index (χ4v) is 2.44. The van der Waals surface area contributed by atoms with Gasteiger partial charge in [0.05, 0.1) is 4.92 Å². The Morgan fingerprint density at radius 2 is 2.05 bits per heavy atom. The van der Waals surface area contributed by atoms with E-state index in [1.165, 1.54) is 6.07 Å². The standard InChI is InChI=1S/C12H16ClN3O2.ClH/c13-11-7-9(1-2-12(11)16(17)18)8-15-5-3-10(14)4-6-15;/h1-2,7,10H,3-6,8,14H2;1H. The van der Waals surface area contributed by atoms with Gasteiger partial charge in [-0.05, 0) is 37.6 Å². The zero-order valence-electron chi connectivity index (χ0n) is 10.4. The molecule has 0 spiro atoms. The predicted octanol–water partition coefficient (Wildman–Crippen LogP) is 2.59. The van der Waals surface area contributed by atoms with Crippen LogP contribution in [0.5, 0.6) is 0 Å². The van der Waals surface area contributed by atoms with E-state index in [-0.39, 0.29) is 23.1 Å². The van der Waals surface area contributed by atoms with Crippen LogP contribution in [0.2, 0.25) is 5.02 Å². The zero-order valence-corrected chi connectivity index (χ0v) is 12.0. The fourth-order valence-electron chi connectivity index (χ4n) is 2.17. The summed E-state index contributed by atoms with van der Waals surface area (Å²) in [6.07, 6.45) is 2.00. The van der Waals surface area contributed by atoms with E-state index in [9.17, 15) is 10.1 Å². The largest absolute Gasteiger partial charge is 0.328 e. The molecule has 2 rings (SSSR count). The van der Waals surface area contributed by atoms with Crippen LogP contribution in [0.3, 0.4) is 0 Å². The third kappa shape index (κ3) is 4.31. The number of nitro benzene ring substituents is 1. The van der Waals surface area contributed by atoms with E-state index >= 15 is 0 Å². The normalized spacial score (nSPS) is 16.9. The molecule has 0 atom stereocenters. The maximum atomic E-state index is 10.7. The number of rotatable bonds is 3. The van der Waals surface area contributed by atoms with Crippen molar-refractivity contribution < 1.29 is 4.92 Å². The average molecular weight is 306 g/mol. The maximum Gasteiger partial charge on any atom is 0.287 e. The van der Waals surface area contributed by atoms with E-state index < -0.39 is 4.92 Å². The molecule has 1 aromatic carbocycles. The quantitative estimate of drug-likeness (QED) is 0.688. The van der Waals surface area contributed by atoms with Crippen LogP contribution >= 0.6 is 24.0 Å². The first-order valence-corrected chi connectivity index (χ1v) is 6.35. The van der Waals surface area contributed by atoms with Gasteiger partial charge in [0, 0.05) is 18.7 Å². The van der Waals surface area contributed by atoms with Gasteiger partial charge in [0.15, 0.2) is 0 Å². The predicted molar refractivity (Wildman–Crippen MR) is 77.8 cm³/mol. The summed E-state index contributed by atoms with van der Waals surface area (Å²) < 4.78 is 0. The summed E-state index contributed by atoms with van der Waals surface area (Å²) in [5.41, 5.74) is 6.81.